The summed E-state index contributed by atoms with van der Waals surface area (Å²) >= 11 is 13.1. The Balaban J connectivity index is 1.60. The van der Waals surface area contributed by atoms with Crippen LogP contribution < -0.4 is 0 Å². The summed E-state index contributed by atoms with van der Waals surface area (Å²) in [5.74, 6) is -0.349. The molecule has 1 saturated heterocycles. The molecule has 192 valence electrons. The number of carbonyl (C=O) groups is 2. The smallest absolute Gasteiger partial charge is 0.418 e. The lowest BCUT2D eigenvalue weighted by atomic mass is 9.93. The van der Waals surface area contributed by atoms with E-state index in [2.05, 4.69) is 0 Å². The van der Waals surface area contributed by atoms with Crippen LogP contribution in [-0.4, -0.2) is 41.5 Å². The first-order valence-corrected chi connectivity index (χ1v) is 12.2. The molecule has 0 spiro atoms. The zero-order valence-corrected chi connectivity index (χ0v) is 21.3. The number of rotatable bonds is 5. The molecule has 4 rings (SSSR count). The first kappa shape index (κ1) is 26.4. The van der Waals surface area contributed by atoms with Gasteiger partial charge in [-0.1, -0.05) is 35.3 Å². The molecule has 5 nitrogen and oxygen atoms in total. The Kier molecular flexibility index (Phi) is 7.57. The van der Waals surface area contributed by atoms with Gasteiger partial charge in [0.25, 0.3) is 5.91 Å². The molecule has 0 unspecified atom stereocenters. The van der Waals surface area contributed by atoms with Crippen molar-refractivity contribution in [1.29, 1.82) is 0 Å². The first-order valence-electron chi connectivity index (χ1n) is 11.5. The van der Waals surface area contributed by atoms with Gasteiger partial charge in [0.1, 0.15) is 0 Å². The predicted octanol–water partition coefficient (Wildman–Crippen LogP) is 6.51. The summed E-state index contributed by atoms with van der Waals surface area (Å²) in [6, 6.07) is 7.23. The molecule has 1 aromatic heterocycles. The number of ether oxygens (including phenoxy) is 1. The summed E-state index contributed by atoms with van der Waals surface area (Å²) in [6.07, 6.45) is -1.01. The van der Waals surface area contributed by atoms with Gasteiger partial charge in [-0.25, -0.2) is 0 Å². The standard InChI is InChI=1S/C26H25Cl2F3N2O3/c1-32-14-16(17-4-3-5-20(24(17)32)26(29,30)31)13-19-21(27)7-6-18(23(19)28)25(35)33-10-8-15(9-11-33)12-22(34)36-2/h3-7,14-15H,8-13H2,1-2H3. The van der Waals surface area contributed by atoms with Crippen molar-refractivity contribution in [3.05, 3.63) is 68.8 Å². The molecular weight excluding hydrogens is 516 g/mol. The molecular formula is C26H25Cl2F3N2O3. The third-order valence-electron chi connectivity index (χ3n) is 6.76. The van der Waals surface area contributed by atoms with Crippen molar-refractivity contribution in [2.45, 2.75) is 31.9 Å². The molecule has 36 heavy (non-hydrogen) atoms. The fourth-order valence-electron chi connectivity index (χ4n) is 4.86. The van der Waals surface area contributed by atoms with Gasteiger partial charge in [-0.05, 0) is 48.1 Å². The molecule has 0 saturated carbocycles. The predicted molar refractivity (Wildman–Crippen MR) is 132 cm³/mol. The van der Waals surface area contributed by atoms with Crippen LogP contribution in [0.5, 0.6) is 0 Å². The molecule has 1 aliphatic rings. The molecule has 0 aliphatic carbocycles. The van der Waals surface area contributed by atoms with Crippen molar-refractivity contribution in [2.24, 2.45) is 13.0 Å². The number of nitrogens with zero attached hydrogens (tertiary/aromatic N) is 2. The molecule has 3 aromatic rings. The monoisotopic (exact) mass is 540 g/mol. The Bertz CT molecular complexity index is 1310. The Morgan fingerprint density at radius 1 is 1.11 bits per heavy atom. The van der Waals surface area contributed by atoms with E-state index < -0.39 is 11.7 Å². The fraction of sp³-hybridized carbons (Fsp3) is 0.385. The van der Waals surface area contributed by atoms with Crippen molar-refractivity contribution in [2.75, 3.05) is 20.2 Å². The number of carbonyl (C=O) groups excluding carboxylic acids is 2. The van der Waals surface area contributed by atoms with Gasteiger partial charge >= 0.3 is 12.1 Å². The van der Waals surface area contributed by atoms with E-state index in [-0.39, 0.29) is 34.8 Å². The van der Waals surface area contributed by atoms with Gasteiger partial charge < -0.3 is 14.2 Å². The largest absolute Gasteiger partial charge is 0.469 e. The highest BCUT2D eigenvalue weighted by atomic mass is 35.5. The SMILES string of the molecule is COC(=O)CC1CCN(C(=O)c2ccc(Cl)c(Cc3cn(C)c4c(C(F)(F)F)cccc34)c2Cl)CC1. The number of benzene rings is 2. The second-order valence-corrected chi connectivity index (χ2v) is 9.83. The molecule has 2 aromatic carbocycles. The summed E-state index contributed by atoms with van der Waals surface area (Å²) in [7, 11) is 2.92. The van der Waals surface area contributed by atoms with Gasteiger partial charge in [0.15, 0.2) is 0 Å². The number of aryl methyl sites for hydroxylation is 1. The Hall–Kier alpha value is -2.71. The minimum atomic E-state index is -4.49. The van der Waals surface area contributed by atoms with Crippen LogP contribution in [0.3, 0.4) is 0 Å². The molecule has 1 aliphatic heterocycles. The zero-order chi connectivity index (χ0) is 26.2. The number of amides is 1. The Morgan fingerprint density at radius 3 is 2.44 bits per heavy atom. The Labute approximate surface area is 216 Å². The van der Waals surface area contributed by atoms with Crippen molar-refractivity contribution < 1.29 is 27.5 Å². The van der Waals surface area contributed by atoms with Gasteiger partial charge in [-0.3, -0.25) is 9.59 Å². The van der Waals surface area contributed by atoms with Crippen molar-refractivity contribution >= 4 is 46.0 Å². The molecule has 2 heterocycles. The summed E-state index contributed by atoms with van der Waals surface area (Å²) in [5, 5.41) is 0.967. The summed E-state index contributed by atoms with van der Waals surface area (Å²) in [6.45, 7) is 0.969. The fourth-order valence-corrected chi connectivity index (χ4v) is 5.45. The molecule has 1 amide bonds. The third-order valence-corrected chi connectivity index (χ3v) is 7.54. The number of hydrogen-bond donors (Lipinski definition) is 0. The van der Waals surface area contributed by atoms with Crippen LogP contribution in [0.15, 0.2) is 36.5 Å². The molecule has 1 fully saturated rings. The number of para-hydroxylation sites is 1. The van der Waals surface area contributed by atoms with E-state index in [1.165, 1.54) is 17.7 Å². The van der Waals surface area contributed by atoms with Crippen molar-refractivity contribution in [1.82, 2.24) is 9.47 Å². The number of piperidine rings is 1. The maximum absolute atomic E-state index is 13.6. The van der Waals surface area contributed by atoms with Gasteiger partial charge in [0.2, 0.25) is 0 Å². The van der Waals surface area contributed by atoms with Crippen molar-refractivity contribution in [3.63, 3.8) is 0 Å². The van der Waals surface area contributed by atoms with Gasteiger partial charge in [0, 0.05) is 49.6 Å². The minimum Gasteiger partial charge on any atom is -0.469 e. The summed E-state index contributed by atoms with van der Waals surface area (Å²) in [5.41, 5.74) is 0.753. The minimum absolute atomic E-state index is 0.0781. The average Bonchev–Trinajstić information content (AvgIpc) is 3.16. The normalized spacial score (nSPS) is 14.9. The lowest BCUT2D eigenvalue weighted by Crippen LogP contribution is -2.39. The summed E-state index contributed by atoms with van der Waals surface area (Å²) in [4.78, 5) is 26.5. The highest BCUT2D eigenvalue weighted by Gasteiger charge is 2.34. The molecule has 10 heteroatoms. The molecule has 0 bridgehead atoms. The van der Waals surface area contributed by atoms with Gasteiger partial charge in [0.05, 0.1) is 28.8 Å². The lowest BCUT2D eigenvalue weighted by Gasteiger charge is -2.32. The van der Waals surface area contributed by atoms with E-state index in [1.807, 2.05) is 0 Å². The van der Waals surface area contributed by atoms with Crippen molar-refractivity contribution in [3.8, 4) is 0 Å². The molecule has 0 N–H and O–H groups in total. The highest BCUT2D eigenvalue weighted by molar-refractivity contribution is 6.38. The quantitative estimate of drug-likeness (QED) is 0.346. The van der Waals surface area contributed by atoms with E-state index in [1.54, 1.807) is 36.3 Å². The topological polar surface area (TPSA) is 51.5 Å². The average molecular weight is 541 g/mol. The number of hydrogen-bond acceptors (Lipinski definition) is 3. The molecule has 0 radical (unpaired) electrons. The van der Waals surface area contributed by atoms with Crippen LogP contribution in [0, 0.1) is 5.92 Å². The van der Waals surface area contributed by atoms with E-state index in [9.17, 15) is 22.8 Å². The zero-order valence-electron chi connectivity index (χ0n) is 19.8. The number of methoxy groups -OCH3 is 1. The van der Waals surface area contributed by atoms with Crippen LogP contribution in [0.2, 0.25) is 10.0 Å². The molecule has 0 atom stereocenters. The van der Waals surface area contributed by atoms with Gasteiger partial charge in [-0.15, -0.1) is 0 Å². The van der Waals surface area contributed by atoms with E-state index in [4.69, 9.17) is 27.9 Å². The van der Waals surface area contributed by atoms with Crippen LogP contribution in [0.25, 0.3) is 10.9 Å². The van der Waals surface area contributed by atoms with Crippen LogP contribution >= 0.6 is 23.2 Å². The van der Waals surface area contributed by atoms with E-state index in [0.29, 0.717) is 59.5 Å². The highest BCUT2D eigenvalue weighted by Crippen LogP contribution is 2.38. The first-order chi connectivity index (χ1) is 17.0. The number of fused-ring (bicyclic) bond motifs is 1. The second-order valence-electron chi connectivity index (χ2n) is 9.04. The number of aromatic nitrogens is 1. The van der Waals surface area contributed by atoms with Gasteiger partial charge in [-0.2, -0.15) is 13.2 Å². The number of alkyl halides is 3. The third kappa shape index (κ3) is 5.20. The van der Waals surface area contributed by atoms with E-state index in [0.717, 1.165) is 6.07 Å². The number of likely N-dealkylation sites (tertiary alicyclic amines) is 1. The van der Waals surface area contributed by atoms with E-state index >= 15 is 0 Å². The van der Waals surface area contributed by atoms with Crippen LogP contribution in [0.1, 0.15) is 46.3 Å². The van der Waals surface area contributed by atoms with Crippen LogP contribution in [0.4, 0.5) is 13.2 Å². The van der Waals surface area contributed by atoms with Crippen LogP contribution in [-0.2, 0) is 29.2 Å². The maximum Gasteiger partial charge on any atom is 0.418 e. The summed E-state index contributed by atoms with van der Waals surface area (Å²) < 4.78 is 46.9. The number of halogens is 5. The Morgan fingerprint density at radius 2 is 1.81 bits per heavy atom. The lowest BCUT2D eigenvalue weighted by molar-refractivity contribution is -0.142. The second kappa shape index (κ2) is 10.3. The number of esters is 1. The maximum atomic E-state index is 13.6.